The average molecular weight is 283 g/mol. The molecule has 3 aromatic rings. The standard InChI is InChI=1S/C15H17N5O/c1-10(16)3-2-4-14-19-15(20-21-14)11-5-6-12-13(9-11)18-8-7-17-12/h5-10H,2-4,16H2,1H3. The lowest BCUT2D eigenvalue weighted by Gasteiger charge is -2.00. The summed E-state index contributed by atoms with van der Waals surface area (Å²) in [7, 11) is 0. The van der Waals surface area contributed by atoms with Crippen LogP contribution in [0.3, 0.4) is 0 Å². The van der Waals surface area contributed by atoms with E-state index in [-0.39, 0.29) is 6.04 Å². The number of hydrogen-bond acceptors (Lipinski definition) is 6. The van der Waals surface area contributed by atoms with Gasteiger partial charge in [0.25, 0.3) is 0 Å². The van der Waals surface area contributed by atoms with Crippen molar-refractivity contribution in [3.05, 3.63) is 36.5 Å². The largest absolute Gasteiger partial charge is 0.339 e. The van der Waals surface area contributed by atoms with Crippen molar-refractivity contribution in [2.75, 3.05) is 0 Å². The van der Waals surface area contributed by atoms with Crippen molar-refractivity contribution in [3.8, 4) is 11.4 Å². The van der Waals surface area contributed by atoms with Crippen molar-refractivity contribution < 1.29 is 4.52 Å². The number of nitrogens with zero attached hydrogens (tertiary/aromatic N) is 4. The van der Waals surface area contributed by atoms with Crippen LogP contribution < -0.4 is 5.73 Å². The molecule has 108 valence electrons. The van der Waals surface area contributed by atoms with E-state index in [0.717, 1.165) is 35.9 Å². The first-order chi connectivity index (χ1) is 10.2. The summed E-state index contributed by atoms with van der Waals surface area (Å²) in [6, 6.07) is 5.95. The van der Waals surface area contributed by atoms with Crippen molar-refractivity contribution in [2.24, 2.45) is 5.73 Å². The first kappa shape index (κ1) is 13.6. The predicted molar refractivity (Wildman–Crippen MR) is 79.4 cm³/mol. The maximum Gasteiger partial charge on any atom is 0.226 e. The van der Waals surface area contributed by atoms with E-state index in [4.69, 9.17) is 10.3 Å². The van der Waals surface area contributed by atoms with Gasteiger partial charge in [-0.25, -0.2) is 0 Å². The van der Waals surface area contributed by atoms with Gasteiger partial charge >= 0.3 is 0 Å². The molecule has 21 heavy (non-hydrogen) atoms. The minimum atomic E-state index is 0.200. The molecule has 2 N–H and O–H groups in total. The molecule has 0 aliphatic carbocycles. The molecule has 0 saturated heterocycles. The Morgan fingerprint density at radius 2 is 2.00 bits per heavy atom. The SMILES string of the molecule is CC(N)CCCc1nc(-c2ccc3nccnc3c2)no1. The summed E-state index contributed by atoms with van der Waals surface area (Å²) in [6.07, 6.45) is 5.99. The molecule has 0 aliphatic heterocycles. The number of aromatic nitrogens is 4. The highest BCUT2D eigenvalue weighted by Gasteiger charge is 2.10. The summed E-state index contributed by atoms with van der Waals surface area (Å²) < 4.78 is 5.27. The van der Waals surface area contributed by atoms with Crippen LogP contribution in [-0.2, 0) is 6.42 Å². The molecule has 3 rings (SSSR count). The Bertz CT molecular complexity index is 738. The van der Waals surface area contributed by atoms with E-state index in [1.165, 1.54) is 0 Å². The number of benzene rings is 1. The van der Waals surface area contributed by atoms with Gasteiger partial charge in [0.15, 0.2) is 0 Å². The van der Waals surface area contributed by atoms with Gasteiger partial charge in [-0.05, 0) is 38.0 Å². The van der Waals surface area contributed by atoms with Crippen molar-refractivity contribution in [1.82, 2.24) is 20.1 Å². The molecule has 0 fully saturated rings. The van der Waals surface area contributed by atoms with Gasteiger partial charge < -0.3 is 10.3 Å². The zero-order valence-corrected chi connectivity index (χ0v) is 11.9. The Morgan fingerprint density at radius 1 is 1.19 bits per heavy atom. The normalized spacial score (nSPS) is 12.7. The minimum absolute atomic E-state index is 0.200. The third kappa shape index (κ3) is 3.22. The van der Waals surface area contributed by atoms with Gasteiger partial charge in [0.2, 0.25) is 11.7 Å². The zero-order chi connectivity index (χ0) is 14.7. The van der Waals surface area contributed by atoms with E-state index >= 15 is 0 Å². The van der Waals surface area contributed by atoms with E-state index < -0.39 is 0 Å². The molecule has 2 heterocycles. The second-order valence-electron chi connectivity index (χ2n) is 5.14. The van der Waals surface area contributed by atoms with Crippen molar-refractivity contribution >= 4 is 11.0 Å². The van der Waals surface area contributed by atoms with Crippen molar-refractivity contribution in [3.63, 3.8) is 0 Å². The Kier molecular flexibility index (Phi) is 3.87. The monoisotopic (exact) mass is 283 g/mol. The van der Waals surface area contributed by atoms with Gasteiger partial charge in [0.05, 0.1) is 11.0 Å². The average Bonchev–Trinajstić information content (AvgIpc) is 2.95. The molecule has 2 aromatic heterocycles. The second-order valence-corrected chi connectivity index (χ2v) is 5.14. The van der Waals surface area contributed by atoms with Crippen LogP contribution in [0.5, 0.6) is 0 Å². The molecule has 0 saturated carbocycles. The molecule has 0 amide bonds. The summed E-state index contributed by atoms with van der Waals surface area (Å²) in [5, 5.41) is 4.03. The van der Waals surface area contributed by atoms with Crippen molar-refractivity contribution in [1.29, 1.82) is 0 Å². The highest BCUT2D eigenvalue weighted by molar-refractivity contribution is 5.79. The number of aryl methyl sites for hydroxylation is 1. The van der Waals surface area contributed by atoms with Crippen LogP contribution in [0.25, 0.3) is 22.4 Å². The first-order valence-corrected chi connectivity index (χ1v) is 7.01. The molecule has 1 atom stereocenters. The lowest BCUT2D eigenvalue weighted by Crippen LogP contribution is -2.14. The van der Waals surface area contributed by atoms with Crippen LogP contribution in [0.4, 0.5) is 0 Å². The van der Waals surface area contributed by atoms with Gasteiger partial charge in [-0.3, -0.25) is 9.97 Å². The number of hydrogen-bond donors (Lipinski definition) is 1. The molecule has 1 unspecified atom stereocenters. The van der Waals surface area contributed by atoms with E-state index in [1.807, 2.05) is 25.1 Å². The summed E-state index contributed by atoms with van der Waals surface area (Å²) >= 11 is 0. The molecule has 0 radical (unpaired) electrons. The van der Waals surface area contributed by atoms with Crippen LogP contribution in [0, 0.1) is 0 Å². The lowest BCUT2D eigenvalue weighted by molar-refractivity contribution is 0.373. The first-order valence-electron chi connectivity index (χ1n) is 7.01. The minimum Gasteiger partial charge on any atom is -0.339 e. The van der Waals surface area contributed by atoms with E-state index in [9.17, 15) is 0 Å². The van der Waals surface area contributed by atoms with Gasteiger partial charge in [0.1, 0.15) is 0 Å². The van der Waals surface area contributed by atoms with Crippen molar-refractivity contribution in [2.45, 2.75) is 32.2 Å². The van der Waals surface area contributed by atoms with Gasteiger partial charge in [-0.2, -0.15) is 4.98 Å². The lowest BCUT2D eigenvalue weighted by atomic mass is 10.1. The fourth-order valence-corrected chi connectivity index (χ4v) is 2.15. The Hall–Kier alpha value is -2.34. The Labute approximate surface area is 122 Å². The summed E-state index contributed by atoms with van der Waals surface area (Å²) in [4.78, 5) is 12.9. The topological polar surface area (TPSA) is 90.7 Å². The maximum absolute atomic E-state index is 5.73. The quantitative estimate of drug-likeness (QED) is 0.773. The Morgan fingerprint density at radius 3 is 2.81 bits per heavy atom. The van der Waals surface area contributed by atoms with Crippen LogP contribution >= 0.6 is 0 Å². The summed E-state index contributed by atoms with van der Waals surface area (Å²) in [5.74, 6) is 1.23. The van der Waals surface area contributed by atoms with E-state index in [0.29, 0.717) is 11.7 Å². The summed E-state index contributed by atoms with van der Waals surface area (Å²) in [5.41, 5.74) is 8.27. The highest BCUT2D eigenvalue weighted by atomic mass is 16.5. The van der Waals surface area contributed by atoms with Gasteiger partial charge in [0, 0.05) is 30.4 Å². The molecular weight excluding hydrogens is 266 g/mol. The predicted octanol–water partition coefficient (Wildman–Crippen LogP) is 2.35. The molecule has 0 spiro atoms. The van der Waals surface area contributed by atoms with E-state index in [1.54, 1.807) is 12.4 Å². The van der Waals surface area contributed by atoms with Crippen LogP contribution in [-0.4, -0.2) is 26.2 Å². The number of rotatable bonds is 5. The molecule has 6 nitrogen and oxygen atoms in total. The maximum atomic E-state index is 5.73. The zero-order valence-electron chi connectivity index (χ0n) is 11.9. The summed E-state index contributed by atoms with van der Waals surface area (Å²) in [6.45, 7) is 2.00. The van der Waals surface area contributed by atoms with Crippen LogP contribution in [0.2, 0.25) is 0 Å². The van der Waals surface area contributed by atoms with Crippen LogP contribution in [0.1, 0.15) is 25.7 Å². The number of nitrogens with two attached hydrogens (primary N) is 1. The van der Waals surface area contributed by atoms with Gasteiger partial charge in [-0.1, -0.05) is 5.16 Å². The fourth-order valence-electron chi connectivity index (χ4n) is 2.15. The third-order valence-corrected chi connectivity index (χ3v) is 3.25. The highest BCUT2D eigenvalue weighted by Crippen LogP contribution is 2.20. The molecule has 1 aromatic carbocycles. The van der Waals surface area contributed by atoms with Gasteiger partial charge in [-0.15, -0.1) is 0 Å². The molecule has 6 heteroatoms. The van der Waals surface area contributed by atoms with Crippen LogP contribution in [0.15, 0.2) is 35.1 Å². The van der Waals surface area contributed by atoms with E-state index in [2.05, 4.69) is 20.1 Å². The molecular formula is C15H17N5O. The number of fused-ring (bicyclic) bond motifs is 1. The molecule has 0 bridgehead atoms. The second kappa shape index (κ2) is 5.97. The fraction of sp³-hybridized carbons (Fsp3) is 0.333. The smallest absolute Gasteiger partial charge is 0.226 e. The third-order valence-electron chi connectivity index (χ3n) is 3.25. The Balaban J connectivity index is 1.77. The molecule has 0 aliphatic rings.